The molecule has 0 saturated heterocycles. The lowest BCUT2D eigenvalue weighted by Crippen LogP contribution is -2.31. The second kappa shape index (κ2) is 6.25. The normalized spacial score (nSPS) is 12.9. The van der Waals surface area contributed by atoms with Crippen molar-refractivity contribution in [3.63, 3.8) is 0 Å². The quantitative estimate of drug-likeness (QED) is 0.302. The summed E-state index contributed by atoms with van der Waals surface area (Å²) in [7, 11) is 1.86. The Hall–Kier alpha value is -3.12. The number of nitrogens with zero attached hydrogens (tertiary/aromatic N) is 2. The Morgan fingerprint density at radius 3 is 2.56 bits per heavy atom. The zero-order valence-corrected chi connectivity index (χ0v) is 16.3. The lowest BCUT2D eigenvalue weighted by Gasteiger charge is -2.08. The minimum atomic E-state index is -0.846. The zero-order valence-electron chi connectivity index (χ0n) is 18.3. The molecule has 0 aliphatic rings. The maximum Gasteiger partial charge on any atom is 0.216 e. The van der Waals surface area contributed by atoms with E-state index in [1.54, 1.807) is 13.8 Å². The number of hydrogen-bond acceptors (Lipinski definition) is 1. The summed E-state index contributed by atoms with van der Waals surface area (Å²) in [4.78, 5) is 3.59. The molecule has 3 heteroatoms. The first-order valence-electron chi connectivity index (χ1n) is 9.98. The van der Waals surface area contributed by atoms with E-state index < -0.39 is 5.89 Å². The van der Waals surface area contributed by atoms with Crippen molar-refractivity contribution in [2.24, 2.45) is 7.05 Å². The summed E-state index contributed by atoms with van der Waals surface area (Å²) in [5.41, 5.74) is 6.62. The fourth-order valence-corrected chi connectivity index (χ4v) is 3.66. The number of aryl methyl sites for hydroxylation is 2. The standard InChI is InChI=1S/C24H23N2O/c1-14(2)17-8-10-21(26(6)13-17)22-15(3)7-9-19-20-12-18(25-5)11-16(4)23(20)27-24(19)22/h7-14H,1-4,6H3/q+1/i13D,14D. The highest BCUT2D eigenvalue weighted by Gasteiger charge is 2.22. The van der Waals surface area contributed by atoms with E-state index in [0.717, 1.165) is 44.3 Å². The van der Waals surface area contributed by atoms with Crippen LogP contribution in [0.5, 0.6) is 0 Å². The van der Waals surface area contributed by atoms with Crippen LogP contribution in [-0.2, 0) is 7.05 Å². The molecule has 0 unspecified atom stereocenters. The lowest BCUT2D eigenvalue weighted by molar-refractivity contribution is -0.660. The van der Waals surface area contributed by atoms with E-state index >= 15 is 0 Å². The lowest BCUT2D eigenvalue weighted by atomic mass is 9.98. The van der Waals surface area contributed by atoms with Gasteiger partial charge >= 0.3 is 0 Å². The molecule has 2 aromatic carbocycles. The van der Waals surface area contributed by atoms with Crippen molar-refractivity contribution >= 4 is 27.6 Å². The van der Waals surface area contributed by atoms with Crippen LogP contribution >= 0.6 is 0 Å². The van der Waals surface area contributed by atoms with Crippen LogP contribution in [0.25, 0.3) is 38.0 Å². The van der Waals surface area contributed by atoms with E-state index in [4.69, 9.17) is 13.7 Å². The van der Waals surface area contributed by atoms with E-state index in [1.807, 2.05) is 55.8 Å². The monoisotopic (exact) mass is 357 g/mol. The third-order valence-electron chi connectivity index (χ3n) is 5.10. The number of furan rings is 1. The summed E-state index contributed by atoms with van der Waals surface area (Å²) in [6.07, 6.45) is 0.321. The van der Waals surface area contributed by atoms with Gasteiger partial charge in [0.2, 0.25) is 5.69 Å². The molecule has 0 aliphatic carbocycles. The molecule has 2 aromatic heterocycles. The van der Waals surface area contributed by atoms with Crippen LogP contribution in [0.4, 0.5) is 5.69 Å². The molecule has 0 amide bonds. The second-order valence-corrected chi connectivity index (χ2v) is 7.29. The SMILES string of the molecule is [2H]c1c(C([2H])(C)C)ccc(-c2c(C)ccc3c2oc2c(C)cc([N+]#[C-])cc23)[n+]1C. The van der Waals surface area contributed by atoms with Crippen LogP contribution in [0.2, 0.25) is 0 Å². The molecule has 0 fully saturated rings. The molecule has 4 aromatic rings. The summed E-state index contributed by atoms with van der Waals surface area (Å²) in [5.74, 6) is -0.846. The molecule has 2 heterocycles. The molecule has 0 N–H and O–H groups in total. The van der Waals surface area contributed by atoms with E-state index in [-0.39, 0.29) is 0 Å². The number of aromatic nitrogens is 1. The van der Waals surface area contributed by atoms with Gasteiger partial charge in [-0.3, -0.25) is 0 Å². The summed E-state index contributed by atoms with van der Waals surface area (Å²) in [5, 5.41) is 1.90. The van der Waals surface area contributed by atoms with Crippen molar-refractivity contribution in [2.75, 3.05) is 0 Å². The topological polar surface area (TPSA) is 21.4 Å². The van der Waals surface area contributed by atoms with Crippen LogP contribution in [0.1, 0.15) is 39.2 Å². The Bertz CT molecular complexity index is 1340. The van der Waals surface area contributed by atoms with Crippen LogP contribution in [-0.4, -0.2) is 0 Å². The molecule has 134 valence electrons. The Labute approximate surface area is 162 Å². The van der Waals surface area contributed by atoms with Gasteiger partial charge in [-0.05, 0) is 49.1 Å². The van der Waals surface area contributed by atoms with Gasteiger partial charge in [0.1, 0.15) is 19.6 Å². The van der Waals surface area contributed by atoms with Gasteiger partial charge in [0, 0.05) is 23.8 Å². The molecule has 0 bridgehead atoms. The third-order valence-corrected chi connectivity index (χ3v) is 5.10. The highest BCUT2D eigenvalue weighted by molar-refractivity contribution is 6.11. The smallest absolute Gasteiger partial charge is 0.216 e. The van der Waals surface area contributed by atoms with Gasteiger partial charge < -0.3 is 4.42 Å². The average molecular weight is 357 g/mol. The number of fused-ring (bicyclic) bond motifs is 3. The fourth-order valence-electron chi connectivity index (χ4n) is 3.66. The molecule has 0 aliphatic heterocycles. The zero-order chi connectivity index (χ0) is 21.1. The number of pyridine rings is 1. The van der Waals surface area contributed by atoms with Gasteiger partial charge in [0.15, 0.2) is 11.9 Å². The van der Waals surface area contributed by atoms with E-state index in [1.165, 1.54) is 0 Å². The van der Waals surface area contributed by atoms with Gasteiger partial charge in [-0.25, -0.2) is 9.41 Å². The largest absolute Gasteiger partial charge is 0.455 e. The Morgan fingerprint density at radius 1 is 1.07 bits per heavy atom. The Balaban J connectivity index is 2.09. The summed E-state index contributed by atoms with van der Waals surface area (Å²) in [6, 6.07) is 11.7. The predicted molar refractivity (Wildman–Crippen MR) is 110 cm³/mol. The molecular weight excluding hydrogens is 332 g/mol. The molecule has 0 radical (unpaired) electrons. The molecular formula is C24H23N2O+. The second-order valence-electron chi connectivity index (χ2n) is 7.29. The predicted octanol–water partition coefficient (Wildman–Crippen LogP) is 6.37. The van der Waals surface area contributed by atoms with Gasteiger partial charge in [-0.15, -0.1) is 0 Å². The van der Waals surface area contributed by atoms with Crippen LogP contribution in [0.3, 0.4) is 0 Å². The highest BCUT2D eigenvalue weighted by atomic mass is 16.3. The van der Waals surface area contributed by atoms with Gasteiger partial charge in [0.05, 0.1) is 12.1 Å². The maximum atomic E-state index is 8.59. The summed E-state index contributed by atoms with van der Waals surface area (Å²) >= 11 is 0. The first-order chi connectivity index (χ1) is 13.6. The van der Waals surface area contributed by atoms with Crippen LogP contribution in [0, 0.1) is 20.4 Å². The molecule has 4 rings (SSSR count). The van der Waals surface area contributed by atoms with Gasteiger partial charge in [0.25, 0.3) is 0 Å². The number of benzene rings is 2. The van der Waals surface area contributed by atoms with E-state index in [0.29, 0.717) is 17.4 Å². The van der Waals surface area contributed by atoms with Crippen molar-refractivity contribution < 1.29 is 11.7 Å². The molecule has 0 saturated carbocycles. The Kier molecular flexibility index (Phi) is 3.47. The van der Waals surface area contributed by atoms with Crippen molar-refractivity contribution in [3.8, 4) is 11.3 Å². The van der Waals surface area contributed by atoms with E-state index in [2.05, 4.69) is 10.9 Å². The van der Waals surface area contributed by atoms with Crippen molar-refractivity contribution in [2.45, 2.75) is 33.6 Å². The minimum absolute atomic E-state index is 0.321. The number of rotatable bonds is 2. The molecule has 0 spiro atoms. The van der Waals surface area contributed by atoms with Crippen molar-refractivity contribution in [1.82, 2.24) is 0 Å². The first-order valence-corrected chi connectivity index (χ1v) is 8.98. The first kappa shape index (κ1) is 15.0. The fraction of sp³-hybridized carbons (Fsp3) is 0.250. The maximum absolute atomic E-state index is 8.59. The molecule has 27 heavy (non-hydrogen) atoms. The number of hydrogen-bond donors (Lipinski definition) is 0. The minimum Gasteiger partial charge on any atom is -0.455 e. The summed E-state index contributed by atoms with van der Waals surface area (Å²) < 4.78 is 25.1. The van der Waals surface area contributed by atoms with Crippen LogP contribution < -0.4 is 4.57 Å². The third kappa shape index (κ3) is 2.69. The average Bonchev–Trinajstić information content (AvgIpc) is 3.02. The van der Waals surface area contributed by atoms with Crippen molar-refractivity contribution in [3.05, 3.63) is 70.7 Å². The van der Waals surface area contributed by atoms with E-state index in [9.17, 15) is 0 Å². The van der Waals surface area contributed by atoms with Crippen molar-refractivity contribution in [1.29, 1.82) is 0 Å². The highest BCUT2D eigenvalue weighted by Crippen LogP contribution is 2.39. The summed E-state index contributed by atoms with van der Waals surface area (Å²) in [6.45, 7) is 14.9. The van der Waals surface area contributed by atoms with Gasteiger partial charge in [-0.1, -0.05) is 26.0 Å². The molecule has 3 nitrogen and oxygen atoms in total. The molecule has 0 atom stereocenters. The van der Waals surface area contributed by atoms with Gasteiger partial charge in [-0.2, -0.15) is 0 Å². The Morgan fingerprint density at radius 2 is 1.85 bits per heavy atom. The van der Waals surface area contributed by atoms with Crippen LogP contribution in [0.15, 0.2) is 47.0 Å².